The highest BCUT2D eigenvalue weighted by Gasteiger charge is 2.09. The van der Waals surface area contributed by atoms with E-state index in [2.05, 4.69) is 44.6 Å². The predicted octanol–water partition coefficient (Wildman–Crippen LogP) is 2.03. The van der Waals surface area contributed by atoms with Gasteiger partial charge in [-0.25, -0.2) is 4.59 Å². The molecule has 1 aliphatic rings. The molecule has 12 heavy (non-hydrogen) atoms. The molecule has 0 fully saturated rings. The number of hydrogen-bond acceptors (Lipinski definition) is 1. The summed E-state index contributed by atoms with van der Waals surface area (Å²) in [4.78, 5) is 0. The number of rotatable bonds is 2. The summed E-state index contributed by atoms with van der Waals surface area (Å²) in [6.45, 7) is 0. The van der Waals surface area contributed by atoms with Gasteiger partial charge in [-0.3, -0.25) is 0 Å². The quantitative estimate of drug-likeness (QED) is 0.258. The molecule has 0 spiro atoms. The van der Waals surface area contributed by atoms with E-state index < -0.39 is 0 Å². The molecule has 1 aliphatic carbocycles. The molecule has 0 radical (unpaired) electrons. The minimum Gasteiger partial charge on any atom is -0.205 e. The van der Waals surface area contributed by atoms with E-state index in [4.69, 9.17) is 0 Å². The van der Waals surface area contributed by atoms with Crippen LogP contribution in [0.15, 0.2) is 17.3 Å². The van der Waals surface area contributed by atoms with Crippen molar-refractivity contribution in [1.82, 2.24) is 0 Å². The van der Waals surface area contributed by atoms with E-state index in [0.29, 0.717) is 10.5 Å². The van der Waals surface area contributed by atoms with Crippen LogP contribution in [0.25, 0.3) is 0 Å². The average molecular weight is 167 g/mol. The molecule has 2 heteroatoms. The van der Waals surface area contributed by atoms with Gasteiger partial charge in [0.05, 0.1) is 27.4 Å². The summed E-state index contributed by atoms with van der Waals surface area (Å²) in [7, 11) is 6.24. The maximum Gasteiger partial charge on any atom is 0.0923 e. The Bertz CT molecular complexity index is 187. The largest absolute Gasteiger partial charge is 0.205 e. The molecular formula is C10H19N2+. The fourth-order valence-electron chi connectivity index (χ4n) is 1.25. The van der Waals surface area contributed by atoms with Gasteiger partial charge in [-0.05, 0) is 19.3 Å². The molecule has 0 amide bonds. The van der Waals surface area contributed by atoms with Gasteiger partial charge in [0.25, 0.3) is 0 Å². The van der Waals surface area contributed by atoms with Crippen molar-refractivity contribution in [3.8, 4) is 0 Å². The van der Waals surface area contributed by atoms with Gasteiger partial charge in [-0.1, -0.05) is 17.3 Å². The first-order valence-electron chi connectivity index (χ1n) is 4.60. The van der Waals surface area contributed by atoms with E-state index >= 15 is 0 Å². The Kier molecular flexibility index (Phi) is 3.04. The van der Waals surface area contributed by atoms with Crippen LogP contribution in [-0.2, 0) is 0 Å². The minimum atomic E-state index is 0.673. The zero-order valence-corrected chi connectivity index (χ0v) is 8.33. The van der Waals surface area contributed by atoms with Crippen molar-refractivity contribution in [2.24, 2.45) is 11.0 Å². The third-order valence-electron chi connectivity index (χ3n) is 1.93. The number of nitrogens with zero attached hydrogens (tertiary/aromatic N) is 2. The average Bonchev–Trinajstić information content (AvgIpc) is 2.02. The summed E-state index contributed by atoms with van der Waals surface area (Å²) >= 11 is 0. The van der Waals surface area contributed by atoms with Crippen molar-refractivity contribution in [2.75, 3.05) is 21.1 Å². The van der Waals surface area contributed by atoms with Crippen molar-refractivity contribution in [2.45, 2.75) is 19.3 Å². The molecule has 0 saturated heterocycles. The van der Waals surface area contributed by atoms with Crippen molar-refractivity contribution in [1.29, 1.82) is 0 Å². The summed E-state index contributed by atoms with van der Waals surface area (Å²) in [5.41, 5.74) is 0. The second kappa shape index (κ2) is 3.85. The second-order valence-corrected chi connectivity index (χ2v) is 4.25. The van der Waals surface area contributed by atoms with E-state index in [1.165, 1.54) is 19.3 Å². The molecule has 0 bridgehead atoms. The third kappa shape index (κ3) is 3.67. The normalized spacial score (nSPS) is 25.1. The van der Waals surface area contributed by atoms with Gasteiger partial charge >= 0.3 is 0 Å². The Morgan fingerprint density at radius 2 is 2.08 bits per heavy atom. The van der Waals surface area contributed by atoms with Crippen molar-refractivity contribution in [3.05, 3.63) is 12.2 Å². The maximum atomic E-state index is 4.46. The SMILES string of the molecule is C[N+](C)(C)/N=C/[C@H]1CC=CCC1. The van der Waals surface area contributed by atoms with E-state index in [1.807, 2.05) is 0 Å². The molecule has 0 aromatic rings. The van der Waals surface area contributed by atoms with Gasteiger partial charge in [-0.2, -0.15) is 0 Å². The number of hydrogen-bond donors (Lipinski definition) is 0. The van der Waals surface area contributed by atoms with Crippen LogP contribution in [0.4, 0.5) is 0 Å². The second-order valence-electron chi connectivity index (χ2n) is 4.25. The zero-order valence-electron chi connectivity index (χ0n) is 8.33. The highest BCUT2D eigenvalue weighted by Crippen LogP contribution is 2.16. The smallest absolute Gasteiger partial charge is 0.0923 e. The van der Waals surface area contributed by atoms with Crippen LogP contribution in [0, 0.1) is 5.92 Å². The molecule has 1 rings (SSSR count). The van der Waals surface area contributed by atoms with Crippen LogP contribution in [0.5, 0.6) is 0 Å². The topological polar surface area (TPSA) is 12.4 Å². The minimum absolute atomic E-state index is 0.673. The molecule has 68 valence electrons. The highest BCUT2D eigenvalue weighted by molar-refractivity contribution is 5.60. The van der Waals surface area contributed by atoms with Crippen LogP contribution in [-0.4, -0.2) is 31.9 Å². The third-order valence-corrected chi connectivity index (χ3v) is 1.93. The van der Waals surface area contributed by atoms with Gasteiger partial charge in [0, 0.05) is 5.92 Å². The predicted molar refractivity (Wildman–Crippen MR) is 53.0 cm³/mol. The van der Waals surface area contributed by atoms with Crippen LogP contribution in [0.3, 0.4) is 0 Å². The van der Waals surface area contributed by atoms with Crippen LogP contribution >= 0.6 is 0 Å². The molecule has 0 unspecified atom stereocenters. The van der Waals surface area contributed by atoms with E-state index in [-0.39, 0.29) is 0 Å². The summed E-state index contributed by atoms with van der Waals surface area (Å²) in [5, 5.41) is 4.46. The molecule has 0 aromatic heterocycles. The molecule has 0 aliphatic heterocycles. The Morgan fingerprint density at radius 3 is 2.58 bits per heavy atom. The van der Waals surface area contributed by atoms with E-state index in [9.17, 15) is 0 Å². The fraction of sp³-hybridized carbons (Fsp3) is 0.700. The Labute approximate surface area is 75.2 Å². The lowest BCUT2D eigenvalue weighted by Gasteiger charge is -2.17. The van der Waals surface area contributed by atoms with Crippen molar-refractivity contribution < 1.29 is 4.59 Å². The summed E-state index contributed by atoms with van der Waals surface area (Å²) in [6.07, 6.45) is 10.3. The summed E-state index contributed by atoms with van der Waals surface area (Å²) in [6, 6.07) is 0. The van der Waals surface area contributed by atoms with E-state index in [1.54, 1.807) is 0 Å². The molecular weight excluding hydrogens is 148 g/mol. The first-order valence-corrected chi connectivity index (χ1v) is 4.60. The standard InChI is InChI=1S/C10H19N2/c1-12(2,3)11-9-10-7-5-4-6-8-10/h4-5,9-10H,6-8H2,1-3H3/q+1/b11-9+/t10-/m0/s1. The van der Waals surface area contributed by atoms with Gasteiger partial charge in [0.2, 0.25) is 0 Å². The van der Waals surface area contributed by atoms with Gasteiger partial charge < -0.3 is 0 Å². The van der Waals surface area contributed by atoms with Crippen LogP contribution < -0.4 is 0 Å². The lowest BCUT2D eigenvalue weighted by atomic mass is 9.96. The van der Waals surface area contributed by atoms with E-state index in [0.717, 1.165) is 0 Å². The molecule has 2 nitrogen and oxygen atoms in total. The molecule has 0 aromatic carbocycles. The molecule has 0 heterocycles. The van der Waals surface area contributed by atoms with Gasteiger partial charge in [0.15, 0.2) is 0 Å². The maximum absolute atomic E-state index is 4.46. The summed E-state index contributed by atoms with van der Waals surface area (Å²) in [5.74, 6) is 0.673. The Balaban J connectivity index is 2.40. The first-order chi connectivity index (χ1) is 5.58. The molecule has 0 N–H and O–H groups in total. The van der Waals surface area contributed by atoms with Crippen LogP contribution in [0.2, 0.25) is 0 Å². The lowest BCUT2D eigenvalue weighted by Crippen LogP contribution is -2.28. The van der Waals surface area contributed by atoms with Crippen molar-refractivity contribution in [3.63, 3.8) is 0 Å². The van der Waals surface area contributed by atoms with Crippen molar-refractivity contribution >= 4 is 6.21 Å². The number of quaternary nitrogens is 1. The zero-order chi connectivity index (χ0) is 9.03. The monoisotopic (exact) mass is 167 g/mol. The van der Waals surface area contributed by atoms with Gasteiger partial charge in [-0.15, -0.1) is 0 Å². The number of allylic oxidation sites excluding steroid dienone is 2. The highest BCUT2D eigenvalue weighted by atomic mass is 15.6. The first kappa shape index (κ1) is 9.46. The molecule has 0 saturated carbocycles. The van der Waals surface area contributed by atoms with Crippen LogP contribution in [0.1, 0.15) is 19.3 Å². The molecule has 1 atom stereocenters. The Hall–Kier alpha value is -0.630. The lowest BCUT2D eigenvalue weighted by molar-refractivity contribution is -0.876. The Morgan fingerprint density at radius 1 is 1.33 bits per heavy atom. The summed E-state index contributed by atoms with van der Waals surface area (Å²) < 4.78 is 0.681. The fourth-order valence-corrected chi connectivity index (χ4v) is 1.25. The van der Waals surface area contributed by atoms with Gasteiger partial charge in [0.1, 0.15) is 0 Å².